The summed E-state index contributed by atoms with van der Waals surface area (Å²) in [7, 11) is 0. The number of aliphatic hydroxyl groups is 1. The van der Waals surface area contributed by atoms with E-state index in [0.717, 1.165) is 37.2 Å². The number of morpholine rings is 1. The lowest BCUT2D eigenvalue weighted by atomic mass is 9.85. The number of aliphatic hydroxyl groups excluding tert-OH is 1. The zero-order chi connectivity index (χ0) is 25.2. The van der Waals surface area contributed by atoms with Crippen molar-refractivity contribution in [1.82, 2.24) is 9.80 Å². The molecule has 2 heterocycles. The molecule has 7 heteroatoms. The maximum Gasteiger partial charge on any atom is 0.295 e. The maximum atomic E-state index is 13.2. The number of likely N-dealkylation sites (tertiary alicyclic amines) is 1. The van der Waals surface area contributed by atoms with Gasteiger partial charge in [-0.2, -0.15) is 0 Å². The first kappa shape index (κ1) is 25.4. The molecule has 2 fully saturated rings. The molecule has 2 aliphatic heterocycles. The normalized spacial score (nSPS) is 21.0. The van der Waals surface area contributed by atoms with Gasteiger partial charge in [-0.15, -0.1) is 0 Å². The summed E-state index contributed by atoms with van der Waals surface area (Å²) >= 11 is 6.01. The number of benzene rings is 2. The number of ether oxygens (including phenoxy) is 1. The predicted molar refractivity (Wildman–Crippen MR) is 137 cm³/mol. The van der Waals surface area contributed by atoms with Gasteiger partial charge in [-0.3, -0.25) is 14.5 Å². The van der Waals surface area contributed by atoms with Gasteiger partial charge in [0.25, 0.3) is 11.7 Å². The van der Waals surface area contributed by atoms with Gasteiger partial charge < -0.3 is 14.7 Å². The number of nitrogens with zero attached hydrogens (tertiary/aromatic N) is 2. The molecule has 0 radical (unpaired) electrons. The third-order valence-electron chi connectivity index (χ3n) is 6.73. The molecule has 0 saturated carbocycles. The summed E-state index contributed by atoms with van der Waals surface area (Å²) < 4.78 is 5.42. The fourth-order valence-electron chi connectivity index (χ4n) is 4.68. The molecule has 0 spiro atoms. The Morgan fingerprint density at radius 2 is 1.63 bits per heavy atom. The number of hydrogen-bond donors (Lipinski definition) is 1. The van der Waals surface area contributed by atoms with Crippen LogP contribution in [0.15, 0.2) is 54.1 Å². The van der Waals surface area contributed by atoms with Crippen molar-refractivity contribution in [2.24, 2.45) is 0 Å². The van der Waals surface area contributed by atoms with Crippen molar-refractivity contribution in [2.45, 2.75) is 38.6 Å². The molecular weight excluding hydrogens is 464 g/mol. The monoisotopic (exact) mass is 496 g/mol. The molecule has 2 aliphatic rings. The van der Waals surface area contributed by atoms with E-state index in [1.807, 2.05) is 24.3 Å². The first-order valence-corrected chi connectivity index (χ1v) is 12.5. The number of carbonyl (C=O) groups excluding carboxylic acids is 2. The summed E-state index contributed by atoms with van der Waals surface area (Å²) in [6.07, 6.45) is 0.727. The highest BCUT2D eigenvalue weighted by molar-refractivity contribution is 6.46. The lowest BCUT2D eigenvalue weighted by molar-refractivity contribution is -0.140. The highest BCUT2D eigenvalue weighted by Gasteiger charge is 2.45. The molecule has 1 N–H and O–H groups in total. The van der Waals surface area contributed by atoms with Crippen molar-refractivity contribution in [2.75, 3.05) is 39.4 Å². The number of hydrogen-bond acceptors (Lipinski definition) is 5. The third kappa shape index (κ3) is 5.61. The van der Waals surface area contributed by atoms with E-state index in [1.165, 1.54) is 0 Å². The van der Waals surface area contributed by atoms with Crippen LogP contribution < -0.4 is 0 Å². The van der Waals surface area contributed by atoms with E-state index in [4.69, 9.17) is 16.3 Å². The molecule has 1 atom stereocenters. The van der Waals surface area contributed by atoms with Crippen LogP contribution in [0, 0.1) is 0 Å². The number of Topliss-reactive ketones (excluding diaryl/α,β-unsaturated/α-hetero) is 1. The van der Waals surface area contributed by atoms with Crippen LogP contribution in [-0.2, 0) is 19.7 Å². The van der Waals surface area contributed by atoms with Gasteiger partial charge in [-0.25, -0.2) is 0 Å². The third-order valence-corrected chi connectivity index (χ3v) is 6.98. The molecule has 1 amide bonds. The van der Waals surface area contributed by atoms with Gasteiger partial charge in [0.15, 0.2) is 0 Å². The fraction of sp³-hybridized carbons (Fsp3) is 0.429. The van der Waals surface area contributed by atoms with E-state index >= 15 is 0 Å². The number of amides is 1. The minimum absolute atomic E-state index is 0.0260. The lowest BCUT2D eigenvalue weighted by Crippen LogP contribution is -2.39. The first-order chi connectivity index (χ1) is 16.7. The summed E-state index contributed by atoms with van der Waals surface area (Å²) in [5.74, 6) is -1.42. The number of ketones is 1. The molecule has 2 aromatic carbocycles. The molecule has 35 heavy (non-hydrogen) atoms. The highest BCUT2D eigenvalue weighted by atomic mass is 35.5. The van der Waals surface area contributed by atoms with Gasteiger partial charge in [-0.1, -0.05) is 56.6 Å². The number of halogens is 1. The summed E-state index contributed by atoms with van der Waals surface area (Å²) in [5.41, 5.74) is 2.51. The average molecular weight is 497 g/mol. The Hall–Kier alpha value is -2.67. The van der Waals surface area contributed by atoms with Gasteiger partial charge in [0.2, 0.25) is 0 Å². The van der Waals surface area contributed by atoms with Crippen LogP contribution in [0.1, 0.15) is 49.9 Å². The molecule has 2 saturated heterocycles. The second kappa shape index (κ2) is 10.5. The van der Waals surface area contributed by atoms with Gasteiger partial charge >= 0.3 is 0 Å². The molecule has 1 unspecified atom stereocenters. The fourth-order valence-corrected chi connectivity index (χ4v) is 4.80. The average Bonchev–Trinajstić information content (AvgIpc) is 3.09. The summed E-state index contributed by atoms with van der Waals surface area (Å²) in [5, 5.41) is 11.7. The quantitative estimate of drug-likeness (QED) is 0.354. The summed E-state index contributed by atoms with van der Waals surface area (Å²) in [6.45, 7) is 10.8. The minimum atomic E-state index is -0.659. The van der Waals surface area contributed by atoms with Crippen LogP contribution in [0.4, 0.5) is 0 Å². The van der Waals surface area contributed by atoms with Crippen LogP contribution in [0.25, 0.3) is 5.76 Å². The van der Waals surface area contributed by atoms with E-state index in [2.05, 4.69) is 25.7 Å². The molecular formula is C28H33ClN2O4. The van der Waals surface area contributed by atoms with Crippen molar-refractivity contribution in [1.29, 1.82) is 0 Å². The molecule has 186 valence electrons. The largest absolute Gasteiger partial charge is 0.507 e. The Morgan fingerprint density at radius 3 is 2.23 bits per heavy atom. The highest BCUT2D eigenvalue weighted by Crippen LogP contribution is 2.40. The SMILES string of the molecule is CC(C)(C)c1ccc(C2/C(=C(\O)c3ccc(Cl)cc3)C(=O)C(=O)N2CCCN2CCOCC2)cc1. The minimum Gasteiger partial charge on any atom is -0.507 e. The standard InChI is InChI=1S/C28H33ClN2O4/c1-28(2,3)21-9-5-19(6-10-21)24-23(25(32)20-7-11-22(29)12-8-20)26(33)27(34)31(24)14-4-13-30-15-17-35-18-16-30/h5-12,24,32H,4,13-18H2,1-3H3/b25-23+. The van der Waals surface area contributed by atoms with Crippen molar-refractivity contribution in [3.05, 3.63) is 75.8 Å². The predicted octanol–water partition coefficient (Wildman–Crippen LogP) is 4.78. The topological polar surface area (TPSA) is 70.1 Å². The smallest absolute Gasteiger partial charge is 0.295 e. The van der Waals surface area contributed by atoms with Crippen molar-refractivity contribution >= 4 is 29.1 Å². The van der Waals surface area contributed by atoms with E-state index in [0.29, 0.717) is 30.3 Å². The zero-order valence-corrected chi connectivity index (χ0v) is 21.3. The van der Waals surface area contributed by atoms with Crippen LogP contribution in [0.3, 0.4) is 0 Å². The molecule has 0 aliphatic carbocycles. The van der Waals surface area contributed by atoms with E-state index in [1.54, 1.807) is 29.2 Å². The van der Waals surface area contributed by atoms with Gasteiger partial charge in [0.05, 0.1) is 24.8 Å². The second-order valence-electron chi connectivity index (χ2n) is 10.2. The molecule has 0 aromatic heterocycles. The first-order valence-electron chi connectivity index (χ1n) is 12.1. The molecule has 0 bridgehead atoms. The van der Waals surface area contributed by atoms with Crippen LogP contribution in [0.2, 0.25) is 5.02 Å². The van der Waals surface area contributed by atoms with E-state index in [-0.39, 0.29) is 16.7 Å². The summed E-state index contributed by atoms with van der Waals surface area (Å²) in [4.78, 5) is 30.3. The Bertz CT molecular complexity index is 1100. The van der Waals surface area contributed by atoms with Crippen LogP contribution >= 0.6 is 11.6 Å². The molecule has 2 aromatic rings. The van der Waals surface area contributed by atoms with Crippen LogP contribution in [0.5, 0.6) is 0 Å². The van der Waals surface area contributed by atoms with Crippen molar-refractivity contribution < 1.29 is 19.4 Å². The van der Waals surface area contributed by atoms with Gasteiger partial charge in [-0.05, 0) is 47.2 Å². The van der Waals surface area contributed by atoms with Crippen molar-refractivity contribution in [3.8, 4) is 0 Å². The maximum absolute atomic E-state index is 13.2. The number of rotatable bonds is 6. The van der Waals surface area contributed by atoms with Gasteiger partial charge in [0, 0.05) is 36.8 Å². The Morgan fingerprint density at radius 1 is 1.00 bits per heavy atom. The van der Waals surface area contributed by atoms with E-state index < -0.39 is 17.7 Å². The molecule has 6 nitrogen and oxygen atoms in total. The molecule has 4 rings (SSSR count). The Labute approximate surface area is 212 Å². The second-order valence-corrected chi connectivity index (χ2v) is 10.6. The van der Waals surface area contributed by atoms with Crippen LogP contribution in [-0.4, -0.2) is 66.0 Å². The van der Waals surface area contributed by atoms with Crippen molar-refractivity contribution in [3.63, 3.8) is 0 Å². The summed E-state index contributed by atoms with van der Waals surface area (Å²) in [6, 6.07) is 14.0. The van der Waals surface area contributed by atoms with E-state index in [9.17, 15) is 14.7 Å². The zero-order valence-electron chi connectivity index (χ0n) is 20.6. The van der Waals surface area contributed by atoms with Gasteiger partial charge in [0.1, 0.15) is 5.76 Å². The Kier molecular flexibility index (Phi) is 7.64. The number of carbonyl (C=O) groups is 2. The Balaban J connectivity index is 1.68. The lowest BCUT2D eigenvalue weighted by Gasteiger charge is -2.29.